The molecule has 1 aliphatic rings. The maximum Gasteiger partial charge on any atom is 0.240 e. The van der Waals surface area contributed by atoms with E-state index in [1.54, 1.807) is 12.1 Å². The number of nitrogens with zero attached hydrogens (tertiary/aromatic N) is 1. The zero-order valence-corrected chi connectivity index (χ0v) is 9.03. The number of carbonyl (C=O) groups excluding carboxylic acids is 1. The molecule has 1 aromatic rings. The van der Waals surface area contributed by atoms with Gasteiger partial charge in [-0.25, -0.2) is 5.43 Å². The van der Waals surface area contributed by atoms with Gasteiger partial charge in [-0.15, -0.1) is 0 Å². The highest BCUT2D eigenvalue weighted by molar-refractivity contribution is 6.06. The van der Waals surface area contributed by atoms with E-state index in [0.717, 1.165) is 11.3 Å². The second-order valence-electron chi connectivity index (χ2n) is 3.98. The molecule has 16 heavy (non-hydrogen) atoms. The van der Waals surface area contributed by atoms with Gasteiger partial charge in [-0.2, -0.15) is 5.10 Å². The first-order valence-corrected chi connectivity index (χ1v) is 5.09. The molecule has 1 atom stereocenters. The molecule has 5 N–H and O–H groups in total. The Morgan fingerprint density at radius 1 is 1.38 bits per heavy atom. The van der Waals surface area contributed by atoms with Crippen LogP contribution in [0.25, 0.3) is 0 Å². The summed E-state index contributed by atoms with van der Waals surface area (Å²) in [4.78, 5) is 11.1. The van der Waals surface area contributed by atoms with E-state index in [9.17, 15) is 4.79 Å². The standard InChI is InChI=1S/C11H14N4O/c1-6-4-10(16)14-15-11(6)7-2-3-8(12)9(13)5-7/h2-3,5-6H,4,12-13H2,1H3,(H,14,16)/t6-/m1/s1. The van der Waals surface area contributed by atoms with Crippen molar-refractivity contribution in [3.63, 3.8) is 0 Å². The lowest BCUT2D eigenvalue weighted by molar-refractivity contribution is -0.121. The van der Waals surface area contributed by atoms with Gasteiger partial charge < -0.3 is 11.5 Å². The number of hydrazone groups is 1. The van der Waals surface area contributed by atoms with E-state index in [4.69, 9.17) is 11.5 Å². The van der Waals surface area contributed by atoms with Crippen LogP contribution in [0.3, 0.4) is 0 Å². The summed E-state index contributed by atoms with van der Waals surface area (Å²) in [7, 11) is 0. The first kappa shape index (κ1) is 10.5. The fourth-order valence-electron chi connectivity index (χ4n) is 1.74. The summed E-state index contributed by atoms with van der Waals surface area (Å²) in [5.74, 6) is 0.0384. The molecule has 5 heteroatoms. The fourth-order valence-corrected chi connectivity index (χ4v) is 1.74. The molecule has 1 heterocycles. The molecule has 0 unspecified atom stereocenters. The van der Waals surface area contributed by atoms with E-state index in [1.165, 1.54) is 0 Å². The molecule has 0 aliphatic carbocycles. The molecule has 0 saturated heterocycles. The highest BCUT2D eigenvalue weighted by Crippen LogP contribution is 2.21. The summed E-state index contributed by atoms with van der Waals surface area (Å²) in [5.41, 5.74) is 16.7. The molecule has 1 amide bonds. The van der Waals surface area contributed by atoms with Crippen molar-refractivity contribution in [1.29, 1.82) is 0 Å². The molecular weight excluding hydrogens is 204 g/mol. The summed E-state index contributed by atoms with van der Waals surface area (Å²) in [6, 6.07) is 5.39. The molecule has 1 aromatic carbocycles. The smallest absolute Gasteiger partial charge is 0.240 e. The molecule has 5 nitrogen and oxygen atoms in total. The van der Waals surface area contributed by atoms with Gasteiger partial charge in [-0.1, -0.05) is 13.0 Å². The number of hydrogen-bond donors (Lipinski definition) is 3. The van der Waals surface area contributed by atoms with E-state index < -0.39 is 0 Å². The molecule has 0 bridgehead atoms. The van der Waals surface area contributed by atoms with Gasteiger partial charge >= 0.3 is 0 Å². The van der Waals surface area contributed by atoms with Crippen molar-refractivity contribution in [2.24, 2.45) is 11.0 Å². The van der Waals surface area contributed by atoms with Crippen LogP contribution in [0.15, 0.2) is 23.3 Å². The molecule has 2 rings (SSSR count). The first-order chi connectivity index (χ1) is 7.58. The number of benzene rings is 1. The van der Waals surface area contributed by atoms with E-state index in [2.05, 4.69) is 10.5 Å². The monoisotopic (exact) mass is 218 g/mol. The van der Waals surface area contributed by atoms with E-state index >= 15 is 0 Å². The second kappa shape index (κ2) is 3.84. The largest absolute Gasteiger partial charge is 0.397 e. The number of nitrogen functional groups attached to an aromatic ring is 2. The van der Waals surface area contributed by atoms with Crippen molar-refractivity contribution in [3.05, 3.63) is 23.8 Å². The van der Waals surface area contributed by atoms with E-state index in [-0.39, 0.29) is 11.8 Å². The Morgan fingerprint density at radius 3 is 2.75 bits per heavy atom. The van der Waals surface area contributed by atoms with Gasteiger partial charge in [0.1, 0.15) is 0 Å². The first-order valence-electron chi connectivity index (χ1n) is 5.09. The zero-order valence-electron chi connectivity index (χ0n) is 9.03. The summed E-state index contributed by atoms with van der Waals surface area (Å²) < 4.78 is 0. The Morgan fingerprint density at radius 2 is 2.12 bits per heavy atom. The molecule has 1 aliphatic heterocycles. The predicted molar refractivity (Wildman–Crippen MR) is 63.7 cm³/mol. The zero-order chi connectivity index (χ0) is 11.7. The number of hydrogen-bond acceptors (Lipinski definition) is 4. The summed E-state index contributed by atoms with van der Waals surface area (Å²) in [6.45, 7) is 1.96. The third-order valence-electron chi connectivity index (χ3n) is 2.64. The van der Waals surface area contributed by atoms with Gasteiger partial charge in [0.15, 0.2) is 0 Å². The maximum absolute atomic E-state index is 11.1. The van der Waals surface area contributed by atoms with Crippen LogP contribution in [-0.4, -0.2) is 11.6 Å². The molecule has 0 radical (unpaired) electrons. The van der Waals surface area contributed by atoms with Gasteiger partial charge in [0.05, 0.1) is 17.1 Å². The van der Waals surface area contributed by atoms with Crippen LogP contribution in [-0.2, 0) is 4.79 Å². The Labute approximate surface area is 93.5 Å². The highest BCUT2D eigenvalue weighted by Gasteiger charge is 2.21. The minimum atomic E-state index is -0.0559. The van der Waals surface area contributed by atoms with Crippen LogP contribution in [0.5, 0.6) is 0 Å². The van der Waals surface area contributed by atoms with Crippen LogP contribution in [0, 0.1) is 5.92 Å². The van der Waals surface area contributed by atoms with Crippen molar-refractivity contribution in [1.82, 2.24) is 5.43 Å². The number of anilines is 2. The van der Waals surface area contributed by atoms with Crippen molar-refractivity contribution < 1.29 is 4.79 Å². The summed E-state index contributed by atoms with van der Waals surface area (Å²) in [6.07, 6.45) is 0.448. The normalized spacial score (nSPS) is 20.2. The van der Waals surface area contributed by atoms with Crippen LogP contribution < -0.4 is 16.9 Å². The lowest BCUT2D eigenvalue weighted by Crippen LogP contribution is -2.32. The van der Waals surface area contributed by atoms with Crippen LogP contribution >= 0.6 is 0 Å². The number of rotatable bonds is 1. The average Bonchev–Trinajstić information content (AvgIpc) is 2.22. The molecule has 0 aromatic heterocycles. The molecular formula is C11H14N4O. The third-order valence-corrected chi connectivity index (χ3v) is 2.64. The number of amides is 1. The number of nitrogens with two attached hydrogens (primary N) is 2. The minimum absolute atomic E-state index is 0.0559. The lowest BCUT2D eigenvalue weighted by atomic mass is 9.94. The van der Waals surface area contributed by atoms with Gasteiger partial charge in [0.25, 0.3) is 0 Å². The highest BCUT2D eigenvalue weighted by atomic mass is 16.2. The topological polar surface area (TPSA) is 93.5 Å². The SMILES string of the molecule is C[C@@H]1CC(=O)NN=C1c1ccc(N)c(N)c1. The molecule has 0 spiro atoms. The van der Waals surface area contributed by atoms with Gasteiger partial charge in [0, 0.05) is 17.9 Å². The minimum Gasteiger partial charge on any atom is -0.397 e. The quantitative estimate of drug-likeness (QED) is 0.606. The van der Waals surface area contributed by atoms with Crippen molar-refractivity contribution >= 4 is 23.0 Å². The van der Waals surface area contributed by atoms with Crippen LogP contribution in [0.4, 0.5) is 11.4 Å². The van der Waals surface area contributed by atoms with Crippen molar-refractivity contribution in [2.45, 2.75) is 13.3 Å². The molecule has 84 valence electrons. The van der Waals surface area contributed by atoms with Crippen molar-refractivity contribution in [2.75, 3.05) is 11.5 Å². The Bertz CT molecular complexity index is 467. The number of carbonyl (C=O) groups is 1. The summed E-state index contributed by atoms with van der Waals surface area (Å²) in [5, 5.41) is 4.05. The van der Waals surface area contributed by atoms with E-state index in [1.807, 2.05) is 13.0 Å². The Balaban J connectivity index is 2.37. The Hall–Kier alpha value is -2.04. The van der Waals surface area contributed by atoms with Crippen LogP contribution in [0.1, 0.15) is 18.9 Å². The predicted octanol–water partition coefficient (Wildman–Crippen LogP) is 0.711. The molecule has 0 fully saturated rings. The Kier molecular flexibility index (Phi) is 2.52. The molecule has 0 saturated carbocycles. The second-order valence-corrected chi connectivity index (χ2v) is 3.98. The number of nitrogens with one attached hydrogen (secondary N) is 1. The lowest BCUT2D eigenvalue weighted by Gasteiger charge is -2.19. The summed E-state index contributed by atoms with van der Waals surface area (Å²) >= 11 is 0. The van der Waals surface area contributed by atoms with Gasteiger partial charge in [-0.05, 0) is 12.1 Å². The van der Waals surface area contributed by atoms with Gasteiger partial charge in [-0.3, -0.25) is 4.79 Å². The van der Waals surface area contributed by atoms with Gasteiger partial charge in [0.2, 0.25) is 5.91 Å². The average molecular weight is 218 g/mol. The fraction of sp³-hybridized carbons (Fsp3) is 0.273. The van der Waals surface area contributed by atoms with E-state index in [0.29, 0.717) is 17.8 Å². The third kappa shape index (κ3) is 1.84. The maximum atomic E-state index is 11.1. The van der Waals surface area contributed by atoms with Crippen LogP contribution in [0.2, 0.25) is 0 Å². The van der Waals surface area contributed by atoms with Crippen molar-refractivity contribution in [3.8, 4) is 0 Å².